The Morgan fingerprint density at radius 1 is 1.19 bits per heavy atom. The number of hydrogen-bond acceptors (Lipinski definition) is 10. The first-order chi connectivity index (χ1) is 17.6. The van der Waals surface area contributed by atoms with E-state index in [-0.39, 0.29) is 23.6 Å². The number of nitro groups is 1. The quantitative estimate of drug-likeness (QED) is 0.223. The molecule has 0 radical (unpaired) electrons. The lowest BCUT2D eigenvalue weighted by Crippen LogP contribution is -2.60. The summed E-state index contributed by atoms with van der Waals surface area (Å²) in [5.74, 6) is -4.51. The van der Waals surface area contributed by atoms with Crippen molar-refractivity contribution in [2.24, 2.45) is 0 Å². The molecule has 0 saturated carbocycles. The van der Waals surface area contributed by atoms with Crippen LogP contribution in [0.4, 0.5) is 18.9 Å². The fourth-order valence-corrected chi connectivity index (χ4v) is 3.96. The van der Waals surface area contributed by atoms with Crippen LogP contribution in [0.1, 0.15) is 11.6 Å². The van der Waals surface area contributed by atoms with Gasteiger partial charge in [0.25, 0.3) is 5.69 Å². The lowest BCUT2D eigenvalue weighted by Gasteiger charge is -2.44. The van der Waals surface area contributed by atoms with Crippen LogP contribution in [0.5, 0.6) is 0 Å². The van der Waals surface area contributed by atoms with Gasteiger partial charge < -0.3 is 20.1 Å². The Balaban J connectivity index is 1.54. The van der Waals surface area contributed by atoms with Crippen LogP contribution < -0.4 is 0 Å². The van der Waals surface area contributed by atoms with E-state index in [1.54, 1.807) is 6.07 Å². The van der Waals surface area contributed by atoms with E-state index in [2.05, 4.69) is 10.3 Å². The van der Waals surface area contributed by atoms with E-state index in [1.807, 2.05) is 0 Å². The molecule has 0 bridgehead atoms. The fraction of sp³-hybridized carbons (Fsp3) is 0.364. The Kier molecular flexibility index (Phi) is 7.82. The minimum absolute atomic E-state index is 0.0731. The first-order valence-electron chi connectivity index (χ1n) is 10.9. The summed E-state index contributed by atoms with van der Waals surface area (Å²) in [6.07, 6.45) is -4.28. The molecule has 2 aromatic carbocycles. The van der Waals surface area contributed by atoms with Crippen LogP contribution in [0.2, 0.25) is 0 Å². The molecule has 4 rings (SSSR count). The predicted molar refractivity (Wildman–Crippen MR) is 118 cm³/mol. The molecule has 15 heteroatoms. The van der Waals surface area contributed by atoms with Crippen LogP contribution in [0, 0.1) is 27.6 Å². The molecule has 37 heavy (non-hydrogen) atoms. The van der Waals surface area contributed by atoms with Crippen molar-refractivity contribution in [2.45, 2.75) is 37.2 Å². The average Bonchev–Trinajstić information content (AvgIpc) is 3.35. The number of hydroxylamine groups is 2. The van der Waals surface area contributed by atoms with E-state index in [9.17, 15) is 38.6 Å². The maximum absolute atomic E-state index is 13.7. The van der Waals surface area contributed by atoms with Gasteiger partial charge in [0.2, 0.25) is 0 Å². The molecule has 0 aliphatic carbocycles. The smallest absolute Gasteiger partial charge is 0.269 e. The highest BCUT2D eigenvalue weighted by molar-refractivity contribution is 5.57. The average molecular weight is 525 g/mol. The predicted octanol–water partition coefficient (Wildman–Crippen LogP) is 1.31. The van der Waals surface area contributed by atoms with Crippen LogP contribution in [-0.2, 0) is 16.2 Å². The lowest BCUT2D eigenvalue weighted by atomic mass is 9.95. The number of aromatic nitrogens is 3. The van der Waals surface area contributed by atoms with Gasteiger partial charge in [-0.3, -0.25) is 15.0 Å². The van der Waals surface area contributed by atoms with Crippen LogP contribution in [0.25, 0.3) is 11.3 Å². The zero-order valence-corrected chi connectivity index (χ0v) is 19.2. The van der Waals surface area contributed by atoms with Crippen molar-refractivity contribution < 1.29 is 43.0 Å². The van der Waals surface area contributed by atoms with Crippen molar-refractivity contribution in [3.63, 3.8) is 0 Å². The van der Waals surface area contributed by atoms with Gasteiger partial charge in [-0.1, -0.05) is 17.3 Å². The maximum Gasteiger partial charge on any atom is 0.269 e. The molecule has 1 saturated heterocycles. The van der Waals surface area contributed by atoms with Crippen molar-refractivity contribution in [2.75, 3.05) is 13.7 Å². The molecule has 1 aliphatic heterocycles. The minimum atomic E-state index is -1.65. The molecule has 3 aromatic rings. The number of aliphatic hydroxyl groups is 3. The molecular formula is C22H22F3N5O7. The number of nitro benzene ring substituents is 1. The van der Waals surface area contributed by atoms with E-state index in [4.69, 9.17) is 9.57 Å². The fourth-order valence-electron chi connectivity index (χ4n) is 3.96. The summed E-state index contributed by atoms with van der Waals surface area (Å²) < 4.78 is 47.3. The zero-order chi connectivity index (χ0) is 26.9. The molecule has 198 valence electrons. The molecular weight excluding hydrogens is 503 g/mol. The molecule has 5 atom stereocenters. The Morgan fingerprint density at radius 2 is 1.89 bits per heavy atom. The zero-order valence-electron chi connectivity index (χ0n) is 19.2. The van der Waals surface area contributed by atoms with E-state index >= 15 is 0 Å². The molecule has 12 nitrogen and oxygen atoms in total. The van der Waals surface area contributed by atoms with Gasteiger partial charge in [0.15, 0.2) is 23.7 Å². The lowest BCUT2D eigenvalue weighted by molar-refractivity contribution is -0.385. The Morgan fingerprint density at radius 3 is 2.54 bits per heavy atom. The van der Waals surface area contributed by atoms with E-state index < -0.39 is 59.6 Å². The molecule has 0 unspecified atom stereocenters. The molecule has 2 heterocycles. The number of benzene rings is 2. The van der Waals surface area contributed by atoms with Gasteiger partial charge in [-0.15, -0.1) is 5.10 Å². The maximum atomic E-state index is 13.7. The van der Waals surface area contributed by atoms with Gasteiger partial charge in [0.1, 0.15) is 30.0 Å². The third-order valence-corrected chi connectivity index (χ3v) is 5.88. The van der Waals surface area contributed by atoms with Gasteiger partial charge in [-0.2, -0.15) is 5.06 Å². The number of aliphatic hydroxyl groups excluding tert-OH is 3. The minimum Gasteiger partial charge on any atom is -0.394 e. The van der Waals surface area contributed by atoms with Crippen molar-refractivity contribution in [3.8, 4) is 11.3 Å². The van der Waals surface area contributed by atoms with E-state index in [1.165, 1.54) is 31.4 Å². The van der Waals surface area contributed by atoms with E-state index in [0.717, 1.165) is 21.9 Å². The van der Waals surface area contributed by atoms with Crippen LogP contribution in [-0.4, -0.2) is 78.5 Å². The highest BCUT2D eigenvalue weighted by atomic mass is 19.2. The summed E-state index contributed by atoms with van der Waals surface area (Å²) in [5, 5.41) is 51.2. The molecule has 3 N–H and O–H groups in total. The van der Waals surface area contributed by atoms with Crippen LogP contribution in [0.3, 0.4) is 0 Å². The van der Waals surface area contributed by atoms with Gasteiger partial charge in [-0.25, -0.2) is 17.9 Å². The number of halogens is 3. The third kappa shape index (κ3) is 5.46. The third-order valence-electron chi connectivity index (χ3n) is 5.88. The normalized spacial score (nSPS) is 23.9. The molecule has 1 fully saturated rings. The number of ether oxygens (including phenoxy) is 1. The largest absolute Gasteiger partial charge is 0.394 e. The molecule has 0 amide bonds. The first-order valence-corrected chi connectivity index (χ1v) is 10.9. The Labute approximate surface area is 207 Å². The summed E-state index contributed by atoms with van der Waals surface area (Å²) in [4.78, 5) is 16.0. The SMILES string of the molecule is CN(OCc1cccc([N+](=O)[O-])c1)[C@@H]1O[C@H](CO)[C@H](O)[C@H](n2cc(-c3cc(F)c(F)c(F)c3)nn2)[C@H]1O. The topological polar surface area (TPSA) is 156 Å². The second-order valence-electron chi connectivity index (χ2n) is 8.30. The first kappa shape index (κ1) is 26.6. The van der Waals surface area contributed by atoms with Crippen molar-refractivity contribution in [1.29, 1.82) is 0 Å². The van der Waals surface area contributed by atoms with E-state index in [0.29, 0.717) is 5.56 Å². The second-order valence-corrected chi connectivity index (χ2v) is 8.30. The summed E-state index contributed by atoms with van der Waals surface area (Å²) in [6.45, 7) is -0.771. The highest BCUT2D eigenvalue weighted by Gasteiger charge is 2.48. The number of rotatable bonds is 8. The van der Waals surface area contributed by atoms with Gasteiger partial charge >= 0.3 is 0 Å². The van der Waals surface area contributed by atoms with Gasteiger partial charge in [-0.05, 0) is 17.7 Å². The number of non-ortho nitro benzene ring substituents is 1. The molecule has 1 aliphatic rings. The Bertz CT molecular complexity index is 1260. The summed E-state index contributed by atoms with van der Waals surface area (Å²) in [5.41, 5.74) is 0.118. The number of likely N-dealkylation sites (N-methyl/N-ethyl adjacent to an activating group) is 1. The Hall–Kier alpha value is -3.47. The summed E-state index contributed by atoms with van der Waals surface area (Å²) >= 11 is 0. The van der Waals surface area contributed by atoms with Gasteiger partial charge in [0.05, 0.1) is 24.3 Å². The van der Waals surface area contributed by atoms with Gasteiger partial charge in [0, 0.05) is 24.7 Å². The van der Waals surface area contributed by atoms with Crippen molar-refractivity contribution in [1.82, 2.24) is 20.1 Å². The van der Waals surface area contributed by atoms with Crippen molar-refractivity contribution >= 4 is 5.69 Å². The summed E-state index contributed by atoms with van der Waals surface area (Å²) in [7, 11) is 1.41. The molecule has 1 aromatic heterocycles. The van der Waals surface area contributed by atoms with Crippen LogP contribution >= 0.6 is 0 Å². The number of nitrogens with zero attached hydrogens (tertiary/aromatic N) is 5. The standard InChI is InChI=1S/C22H22F3N5O7/c1-28(36-10-11-3-2-4-13(5-11)30(34)35)22-21(33)19(20(32)17(9-31)37-22)29-8-16(26-27-29)12-6-14(23)18(25)15(24)7-12/h2-8,17,19-22,31-33H,9-10H2,1H3/t17-,19+,20+,21-,22-/m1/s1. The molecule has 0 spiro atoms. The summed E-state index contributed by atoms with van der Waals surface area (Å²) in [6, 6.07) is 5.90. The number of hydrogen-bond donors (Lipinski definition) is 3. The second kappa shape index (κ2) is 10.9. The monoisotopic (exact) mass is 525 g/mol. The van der Waals surface area contributed by atoms with Crippen molar-refractivity contribution in [3.05, 3.63) is 75.7 Å². The highest BCUT2D eigenvalue weighted by Crippen LogP contribution is 2.32. The van der Waals surface area contributed by atoms with Crippen LogP contribution in [0.15, 0.2) is 42.6 Å².